The molecule has 0 spiro atoms. The van der Waals surface area contributed by atoms with Gasteiger partial charge < -0.3 is 20.1 Å². The van der Waals surface area contributed by atoms with Crippen LogP contribution in [-0.2, 0) is 4.79 Å². The predicted molar refractivity (Wildman–Crippen MR) is 112 cm³/mol. The third kappa shape index (κ3) is 4.29. The van der Waals surface area contributed by atoms with Crippen LogP contribution in [0.25, 0.3) is 0 Å². The fourth-order valence-electron chi connectivity index (χ4n) is 4.11. The molecule has 6 heteroatoms. The quantitative estimate of drug-likeness (QED) is 0.745. The second-order valence-corrected chi connectivity index (χ2v) is 7.92. The monoisotopic (exact) mass is 395 g/mol. The number of aliphatic hydroxyl groups is 1. The Morgan fingerprint density at radius 3 is 2.17 bits per heavy atom. The number of aliphatic hydroxyl groups excluding tert-OH is 1. The molecule has 2 aliphatic rings. The highest BCUT2D eigenvalue weighted by Gasteiger charge is 2.46. The summed E-state index contributed by atoms with van der Waals surface area (Å²) in [6.45, 7) is 4.55. The number of amides is 1. The van der Waals surface area contributed by atoms with Gasteiger partial charge in [-0.05, 0) is 17.7 Å². The number of carbonyl (C=O) groups excluding carboxylic acids is 1. The number of ether oxygens (including phenoxy) is 1. The first-order valence-electron chi connectivity index (χ1n) is 10.3. The Morgan fingerprint density at radius 2 is 1.62 bits per heavy atom. The molecule has 2 aromatic carbocycles. The first-order chi connectivity index (χ1) is 14.2. The lowest BCUT2D eigenvalue weighted by molar-refractivity contribution is -0.150. The van der Waals surface area contributed by atoms with Crippen LogP contribution in [-0.4, -0.2) is 73.3 Å². The number of hydrogen-bond donors (Lipinski definition) is 2. The van der Waals surface area contributed by atoms with Crippen molar-refractivity contribution in [3.05, 3.63) is 66.2 Å². The Balaban J connectivity index is 1.41. The lowest BCUT2D eigenvalue weighted by atomic mass is 9.81. The number of hydrogen-bond acceptors (Lipinski definition) is 5. The van der Waals surface area contributed by atoms with E-state index in [2.05, 4.69) is 34.5 Å². The highest BCUT2D eigenvalue weighted by molar-refractivity contribution is 5.84. The van der Waals surface area contributed by atoms with Gasteiger partial charge >= 0.3 is 0 Å². The summed E-state index contributed by atoms with van der Waals surface area (Å²) in [4.78, 5) is 17.2. The fourth-order valence-corrected chi connectivity index (χ4v) is 4.11. The standard InChI is InChI=1S/C23H29N3O3/c27-18-23(16-24-17-23)22(28)26-13-11-25(12-14-26)21(19-7-3-1-4-8-19)15-29-20-9-5-2-6-10-20/h1-10,21,24,27H,11-18H2. The van der Waals surface area contributed by atoms with Crippen LogP contribution in [0.15, 0.2) is 60.7 Å². The van der Waals surface area contributed by atoms with Crippen LogP contribution < -0.4 is 10.1 Å². The molecule has 1 atom stereocenters. The van der Waals surface area contributed by atoms with Crippen LogP contribution in [0.2, 0.25) is 0 Å². The molecule has 0 aromatic heterocycles. The minimum absolute atomic E-state index is 0.0789. The van der Waals surface area contributed by atoms with Crippen LogP contribution in [0, 0.1) is 5.41 Å². The maximum atomic E-state index is 12.9. The molecule has 2 aromatic rings. The highest BCUT2D eigenvalue weighted by atomic mass is 16.5. The van der Waals surface area contributed by atoms with Crippen molar-refractivity contribution in [1.29, 1.82) is 0 Å². The molecule has 2 saturated heterocycles. The molecule has 1 unspecified atom stereocenters. The Labute approximate surface area is 172 Å². The topological polar surface area (TPSA) is 65.0 Å². The summed E-state index contributed by atoms with van der Waals surface area (Å²) in [5.74, 6) is 0.944. The van der Waals surface area contributed by atoms with E-state index < -0.39 is 5.41 Å². The van der Waals surface area contributed by atoms with E-state index in [1.165, 1.54) is 5.56 Å². The Hall–Kier alpha value is -2.41. The molecule has 2 aliphatic heterocycles. The largest absolute Gasteiger partial charge is 0.492 e. The van der Waals surface area contributed by atoms with Crippen molar-refractivity contribution < 1.29 is 14.6 Å². The van der Waals surface area contributed by atoms with Crippen LogP contribution in [0.5, 0.6) is 5.75 Å². The van der Waals surface area contributed by atoms with Crippen LogP contribution in [0.3, 0.4) is 0 Å². The van der Waals surface area contributed by atoms with E-state index in [1.54, 1.807) is 0 Å². The number of rotatable bonds is 7. The summed E-state index contributed by atoms with van der Waals surface area (Å²) >= 11 is 0. The van der Waals surface area contributed by atoms with Crippen LogP contribution in [0.4, 0.5) is 0 Å². The second-order valence-electron chi connectivity index (χ2n) is 7.92. The average molecular weight is 396 g/mol. The molecule has 0 radical (unpaired) electrons. The van der Waals surface area contributed by atoms with Crippen molar-refractivity contribution in [3.63, 3.8) is 0 Å². The molecule has 0 bridgehead atoms. The summed E-state index contributed by atoms with van der Waals surface area (Å²) in [5.41, 5.74) is 0.607. The Bertz CT molecular complexity index is 782. The first kappa shape index (κ1) is 19.9. The summed E-state index contributed by atoms with van der Waals surface area (Å²) in [6.07, 6.45) is 0. The summed E-state index contributed by atoms with van der Waals surface area (Å²) in [5, 5.41) is 12.8. The van der Waals surface area contributed by atoms with Crippen molar-refractivity contribution in [2.45, 2.75) is 6.04 Å². The number of nitrogens with zero attached hydrogens (tertiary/aromatic N) is 2. The van der Waals surface area contributed by atoms with Crippen LogP contribution >= 0.6 is 0 Å². The average Bonchev–Trinajstić information content (AvgIpc) is 2.75. The van der Waals surface area contributed by atoms with Gasteiger partial charge in [0.1, 0.15) is 12.4 Å². The number of carbonyl (C=O) groups is 1. The van der Waals surface area contributed by atoms with E-state index in [9.17, 15) is 9.90 Å². The van der Waals surface area contributed by atoms with E-state index in [4.69, 9.17) is 4.74 Å². The molecule has 1 amide bonds. The molecule has 2 N–H and O–H groups in total. The van der Waals surface area contributed by atoms with Gasteiger partial charge in [-0.3, -0.25) is 9.69 Å². The molecule has 2 fully saturated rings. The number of piperazine rings is 1. The lowest BCUT2D eigenvalue weighted by Crippen LogP contribution is -2.65. The van der Waals surface area contributed by atoms with E-state index in [0.29, 0.717) is 32.8 Å². The molecular weight excluding hydrogens is 366 g/mol. The molecule has 0 aliphatic carbocycles. The number of benzene rings is 2. The summed E-state index contributed by atoms with van der Waals surface area (Å²) in [6, 6.07) is 20.4. The molecule has 154 valence electrons. The maximum absolute atomic E-state index is 12.9. The van der Waals surface area contributed by atoms with Gasteiger partial charge in [-0.1, -0.05) is 48.5 Å². The van der Waals surface area contributed by atoms with Gasteiger partial charge in [0.05, 0.1) is 18.1 Å². The maximum Gasteiger partial charge on any atom is 0.233 e. The third-order valence-corrected chi connectivity index (χ3v) is 6.06. The van der Waals surface area contributed by atoms with E-state index in [-0.39, 0.29) is 18.6 Å². The van der Waals surface area contributed by atoms with Crippen molar-refractivity contribution in [2.24, 2.45) is 5.41 Å². The van der Waals surface area contributed by atoms with E-state index in [0.717, 1.165) is 18.8 Å². The smallest absolute Gasteiger partial charge is 0.233 e. The van der Waals surface area contributed by atoms with E-state index >= 15 is 0 Å². The molecule has 2 heterocycles. The minimum Gasteiger partial charge on any atom is -0.492 e. The lowest BCUT2D eigenvalue weighted by Gasteiger charge is -2.46. The zero-order valence-corrected chi connectivity index (χ0v) is 16.7. The molecule has 6 nitrogen and oxygen atoms in total. The molecule has 4 rings (SSSR count). The first-order valence-corrected chi connectivity index (χ1v) is 10.3. The zero-order chi connectivity index (χ0) is 20.1. The van der Waals surface area contributed by atoms with Crippen molar-refractivity contribution in [1.82, 2.24) is 15.1 Å². The van der Waals surface area contributed by atoms with Gasteiger partial charge in [0, 0.05) is 39.3 Å². The Kier molecular flexibility index (Phi) is 6.13. The summed E-state index contributed by atoms with van der Waals surface area (Å²) < 4.78 is 6.08. The number of nitrogens with one attached hydrogen (secondary N) is 1. The van der Waals surface area contributed by atoms with Gasteiger partial charge in [-0.15, -0.1) is 0 Å². The normalized spacial score (nSPS) is 20.0. The second kappa shape index (κ2) is 8.95. The van der Waals surface area contributed by atoms with Gasteiger partial charge in [0.15, 0.2) is 0 Å². The Morgan fingerprint density at radius 1 is 1.00 bits per heavy atom. The SMILES string of the molecule is O=C(N1CCN(C(COc2ccccc2)c2ccccc2)CC1)C1(CO)CNC1. The summed E-state index contributed by atoms with van der Waals surface area (Å²) in [7, 11) is 0. The van der Waals surface area contributed by atoms with Crippen molar-refractivity contribution in [2.75, 3.05) is 52.5 Å². The van der Waals surface area contributed by atoms with Gasteiger partial charge in [-0.25, -0.2) is 0 Å². The predicted octanol–water partition coefficient (Wildman–Crippen LogP) is 1.53. The van der Waals surface area contributed by atoms with Crippen molar-refractivity contribution >= 4 is 5.91 Å². The van der Waals surface area contributed by atoms with Crippen LogP contribution in [0.1, 0.15) is 11.6 Å². The molecule has 29 heavy (non-hydrogen) atoms. The van der Waals surface area contributed by atoms with E-state index in [1.807, 2.05) is 41.3 Å². The van der Waals surface area contributed by atoms with Gasteiger partial charge in [-0.2, -0.15) is 0 Å². The van der Waals surface area contributed by atoms with Crippen molar-refractivity contribution in [3.8, 4) is 5.75 Å². The molecular formula is C23H29N3O3. The fraction of sp³-hybridized carbons (Fsp3) is 0.435. The number of para-hydroxylation sites is 1. The van der Waals surface area contributed by atoms with Gasteiger partial charge in [0.2, 0.25) is 5.91 Å². The molecule has 0 saturated carbocycles. The highest BCUT2D eigenvalue weighted by Crippen LogP contribution is 2.28. The third-order valence-electron chi connectivity index (χ3n) is 6.06. The minimum atomic E-state index is -0.614. The van der Waals surface area contributed by atoms with Gasteiger partial charge in [0.25, 0.3) is 0 Å². The zero-order valence-electron chi connectivity index (χ0n) is 16.7.